The smallest absolute Gasteiger partial charge is 0.243 e. The lowest BCUT2D eigenvalue weighted by molar-refractivity contribution is -0.114. The molecule has 0 spiro atoms. The Morgan fingerprint density at radius 1 is 1.14 bits per heavy atom. The lowest BCUT2D eigenvalue weighted by Gasteiger charge is -2.10. The van der Waals surface area contributed by atoms with Gasteiger partial charge in [0.25, 0.3) is 0 Å². The Morgan fingerprint density at radius 3 is 2.57 bits per heavy atom. The highest BCUT2D eigenvalue weighted by atomic mass is 35.5. The molecule has 2 N–H and O–H groups in total. The second-order valence-electron chi connectivity index (χ2n) is 4.49. The van der Waals surface area contributed by atoms with Crippen LogP contribution in [0, 0.1) is 12.7 Å². The first-order valence-electron chi connectivity index (χ1n) is 6.20. The summed E-state index contributed by atoms with van der Waals surface area (Å²) in [4.78, 5) is 11.8. The van der Waals surface area contributed by atoms with Crippen molar-refractivity contribution in [1.29, 1.82) is 0 Å². The van der Waals surface area contributed by atoms with Gasteiger partial charge in [0, 0.05) is 11.4 Å². The highest BCUT2D eigenvalue weighted by Crippen LogP contribution is 2.25. The predicted octanol–water partition coefficient (Wildman–Crippen LogP) is 4.49. The molecule has 2 rings (SSSR count). The average Bonchev–Trinajstić information content (AvgIpc) is 2.42. The number of nitrogens with one attached hydrogen (secondary N) is 2. The van der Waals surface area contributed by atoms with Crippen molar-refractivity contribution in [3.05, 3.63) is 57.8 Å². The SMILES string of the molecule is Cc1cc(F)ccc1NCC(=O)Nc1ccc(Cl)c(Cl)c1. The summed E-state index contributed by atoms with van der Waals surface area (Å²) in [5.74, 6) is -0.546. The molecule has 0 aliphatic heterocycles. The number of halogens is 3. The quantitative estimate of drug-likeness (QED) is 0.869. The highest BCUT2D eigenvalue weighted by molar-refractivity contribution is 6.42. The molecule has 21 heavy (non-hydrogen) atoms. The van der Waals surface area contributed by atoms with E-state index in [0.717, 1.165) is 5.56 Å². The number of amides is 1. The molecule has 1 amide bonds. The van der Waals surface area contributed by atoms with Gasteiger partial charge >= 0.3 is 0 Å². The van der Waals surface area contributed by atoms with Gasteiger partial charge < -0.3 is 10.6 Å². The molecule has 2 aromatic rings. The maximum Gasteiger partial charge on any atom is 0.243 e. The lowest BCUT2D eigenvalue weighted by Crippen LogP contribution is -2.22. The van der Waals surface area contributed by atoms with E-state index in [4.69, 9.17) is 23.2 Å². The maximum absolute atomic E-state index is 13.0. The zero-order valence-corrected chi connectivity index (χ0v) is 12.7. The Kier molecular flexibility index (Phi) is 5.04. The summed E-state index contributed by atoms with van der Waals surface area (Å²) in [5.41, 5.74) is 2.00. The van der Waals surface area contributed by atoms with Crippen LogP contribution in [0.2, 0.25) is 10.0 Å². The van der Waals surface area contributed by atoms with Crippen LogP contribution in [-0.2, 0) is 4.79 Å². The minimum atomic E-state index is -0.307. The van der Waals surface area contributed by atoms with Crippen molar-refractivity contribution in [2.45, 2.75) is 6.92 Å². The molecular weight excluding hydrogens is 314 g/mol. The zero-order valence-electron chi connectivity index (χ0n) is 11.2. The van der Waals surface area contributed by atoms with Crippen molar-refractivity contribution in [2.24, 2.45) is 0 Å². The van der Waals surface area contributed by atoms with Crippen molar-refractivity contribution in [2.75, 3.05) is 17.2 Å². The third kappa shape index (κ3) is 4.34. The number of aryl methyl sites for hydroxylation is 1. The Bertz CT molecular complexity index is 677. The Labute approximate surface area is 132 Å². The molecule has 0 atom stereocenters. The second kappa shape index (κ2) is 6.78. The second-order valence-corrected chi connectivity index (χ2v) is 5.30. The van der Waals surface area contributed by atoms with E-state index in [2.05, 4.69) is 10.6 Å². The van der Waals surface area contributed by atoms with Crippen molar-refractivity contribution < 1.29 is 9.18 Å². The number of hydrogen-bond donors (Lipinski definition) is 2. The molecular formula is C15H13Cl2FN2O. The lowest BCUT2D eigenvalue weighted by atomic mass is 10.2. The molecule has 0 aliphatic rings. The van der Waals surface area contributed by atoms with E-state index in [1.807, 2.05) is 0 Å². The standard InChI is InChI=1S/C15H13Cl2FN2O/c1-9-6-10(18)2-5-14(9)19-8-15(21)20-11-3-4-12(16)13(17)7-11/h2-7,19H,8H2,1H3,(H,20,21). The molecule has 0 aliphatic carbocycles. The van der Waals surface area contributed by atoms with Gasteiger partial charge in [0.2, 0.25) is 5.91 Å². The zero-order chi connectivity index (χ0) is 15.4. The summed E-state index contributed by atoms with van der Waals surface area (Å²) in [5, 5.41) is 6.44. The highest BCUT2D eigenvalue weighted by Gasteiger charge is 2.06. The van der Waals surface area contributed by atoms with Gasteiger partial charge in [-0.3, -0.25) is 4.79 Å². The molecule has 0 fully saturated rings. The van der Waals surface area contributed by atoms with E-state index in [1.54, 1.807) is 31.2 Å². The fraction of sp³-hybridized carbons (Fsp3) is 0.133. The molecule has 2 aromatic carbocycles. The van der Waals surface area contributed by atoms with Crippen LogP contribution in [0.25, 0.3) is 0 Å². The van der Waals surface area contributed by atoms with E-state index in [1.165, 1.54) is 12.1 Å². The third-order valence-corrected chi connectivity index (χ3v) is 3.57. The average molecular weight is 327 g/mol. The monoisotopic (exact) mass is 326 g/mol. The first-order chi connectivity index (χ1) is 9.95. The van der Waals surface area contributed by atoms with Crippen LogP contribution >= 0.6 is 23.2 Å². The Hall–Kier alpha value is -1.78. The van der Waals surface area contributed by atoms with Gasteiger partial charge in [-0.25, -0.2) is 4.39 Å². The molecule has 0 saturated carbocycles. The van der Waals surface area contributed by atoms with Crippen molar-refractivity contribution in [1.82, 2.24) is 0 Å². The van der Waals surface area contributed by atoms with E-state index in [9.17, 15) is 9.18 Å². The van der Waals surface area contributed by atoms with Crippen molar-refractivity contribution in [3.8, 4) is 0 Å². The van der Waals surface area contributed by atoms with Gasteiger partial charge in [0.15, 0.2) is 0 Å². The van der Waals surface area contributed by atoms with Crippen molar-refractivity contribution in [3.63, 3.8) is 0 Å². The molecule has 0 heterocycles. The van der Waals surface area contributed by atoms with Crippen LogP contribution < -0.4 is 10.6 Å². The fourth-order valence-corrected chi connectivity index (χ4v) is 2.08. The van der Waals surface area contributed by atoms with Crippen LogP contribution in [0.15, 0.2) is 36.4 Å². The number of rotatable bonds is 4. The summed E-state index contributed by atoms with van der Waals surface area (Å²) in [7, 11) is 0. The van der Waals surface area contributed by atoms with Crippen LogP contribution in [-0.4, -0.2) is 12.5 Å². The van der Waals surface area contributed by atoms with Crippen LogP contribution in [0.4, 0.5) is 15.8 Å². The minimum absolute atomic E-state index is 0.0622. The third-order valence-electron chi connectivity index (χ3n) is 2.83. The molecule has 6 heteroatoms. The first-order valence-corrected chi connectivity index (χ1v) is 6.96. The van der Waals surface area contributed by atoms with Crippen LogP contribution in [0.3, 0.4) is 0 Å². The van der Waals surface area contributed by atoms with E-state index >= 15 is 0 Å². The van der Waals surface area contributed by atoms with Gasteiger partial charge in [0.05, 0.1) is 16.6 Å². The Balaban J connectivity index is 1.94. The molecule has 110 valence electrons. The number of anilines is 2. The maximum atomic E-state index is 13.0. The van der Waals surface area contributed by atoms with Gasteiger partial charge in [-0.05, 0) is 48.9 Å². The molecule has 3 nitrogen and oxygen atoms in total. The molecule has 0 saturated heterocycles. The van der Waals surface area contributed by atoms with Gasteiger partial charge in [-0.15, -0.1) is 0 Å². The molecule has 0 aromatic heterocycles. The Morgan fingerprint density at radius 2 is 1.90 bits per heavy atom. The summed E-state index contributed by atoms with van der Waals surface area (Å²) in [6.45, 7) is 1.83. The predicted molar refractivity (Wildman–Crippen MR) is 84.7 cm³/mol. The number of hydrogen-bond acceptors (Lipinski definition) is 2. The fourth-order valence-electron chi connectivity index (χ4n) is 1.78. The molecule has 0 bridgehead atoms. The van der Waals surface area contributed by atoms with Crippen LogP contribution in [0.5, 0.6) is 0 Å². The van der Waals surface area contributed by atoms with Gasteiger partial charge in [-0.2, -0.15) is 0 Å². The minimum Gasteiger partial charge on any atom is -0.376 e. The molecule has 0 unspecified atom stereocenters. The largest absolute Gasteiger partial charge is 0.376 e. The summed E-state index contributed by atoms with van der Waals surface area (Å²) in [6, 6.07) is 9.18. The summed E-state index contributed by atoms with van der Waals surface area (Å²) >= 11 is 11.7. The van der Waals surface area contributed by atoms with Gasteiger partial charge in [-0.1, -0.05) is 23.2 Å². The molecule has 0 radical (unpaired) electrons. The van der Waals surface area contributed by atoms with E-state index in [-0.39, 0.29) is 18.3 Å². The first kappa shape index (κ1) is 15.6. The van der Waals surface area contributed by atoms with E-state index in [0.29, 0.717) is 21.4 Å². The van der Waals surface area contributed by atoms with E-state index < -0.39 is 0 Å². The normalized spacial score (nSPS) is 10.3. The number of carbonyl (C=O) groups is 1. The van der Waals surface area contributed by atoms with Crippen molar-refractivity contribution >= 4 is 40.5 Å². The summed E-state index contributed by atoms with van der Waals surface area (Å²) in [6.07, 6.45) is 0. The topological polar surface area (TPSA) is 41.1 Å². The van der Waals surface area contributed by atoms with Gasteiger partial charge in [0.1, 0.15) is 5.82 Å². The number of benzene rings is 2. The summed E-state index contributed by atoms with van der Waals surface area (Å²) < 4.78 is 13.0. The van der Waals surface area contributed by atoms with Crippen LogP contribution in [0.1, 0.15) is 5.56 Å². The number of carbonyl (C=O) groups excluding carboxylic acids is 1.